The molecule has 53 heavy (non-hydrogen) atoms. The molecular formula is C38H48N6O7S2. The van der Waals surface area contributed by atoms with Gasteiger partial charge in [0.25, 0.3) is 0 Å². The number of amides is 1. The predicted octanol–water partition coefficient (Wildman–Crippen LogP) is 4.48. The van der Waals surface area contributed by atoms with E-state index in [-0.39, 0.29) is 55.2 Å². The lowest BCUT2D eigenvalue weighted by Crippen LogP contribution is -2.51. The molecule has 0 radical (unpaired) electrons. The van der Waals surface area contributed by atoms with Gasteiger partial charge in [-0.3, -0.25) is 9.88 Å². The van der Waals surface area contributed by atoms with Gasteiger partial charge in [0.1, 0.15) is 6.10 Å². The Hall–Kier alpha value is -3.70. The lowest BCUT2D eigenvalue weighted by Gasteiger charge is -2.31. The number of aromatic nitrogens is 2. The van der Waals surface area contributed by atoms with Crippen LogP contribution in [-0.2, 0) is 37.2 Å². The molecule has 5 heterocycles. The second kappa shape index (κ2) is 16.8. The van der Waals surface area contributed by atoms with Crippen molar-refractivity contribution < 1.29 is 32.5 Å². The number of ether oxygens (including phenoxy) is 3. The molecule has 3 aliphatic heterocycles. The first-order valence-corrected chi connectivity index (χ1v) is 20.6. The number of hydrogen-bond donors (Lipinski definition) is 3. The molecule has 7 rings (SSSR count). The van der Waals surface area contributed by atoms with Crippen LogP contribution < -0.4 is 10.6 Å². The maximum absolute atomic E-state index is 14.3. The standard InChI is InChI=1S/C38H48N6O7S2/c1-25(2)20-44(23-33(45)32(18-26-8-4-3-5-9-26)42-38(46)51-34-24-50-36-30(34)14-17-49-36)53(47,48)29-11-12-31-35(19-29)52-37(41-31)40-28-13-16-43(22-28)21-27-10-6-7-15-39-27/h3-12,15,19,25,28,30,32-34,36,45H,13-14,16-18,20-24H2,1-2H3,(H,40,41)(H,42,46)/t28-,30-,32-,33+,34-,36+/m0/s1. The fourth-order valence-electron chi connectivity index (χ4n) is 7.30. The largest absolute Gasteiger partial charge is 0.443 e. The summed E-state index contributed by atoms with van der Waals surface area (Å²) in [5, 5.41) is 18.8. The van der Waals surface area contributed by atoms with E-state index in [1.807, 2.05) is 68.6 Å². The number of fused-ring (bicyclic) bond motifs is 2. The Balaban J connectivity index is 1.04. The minimum absolute atomic E-state index is 0.0296. The van der Waals surface area contributed by atoms with Gasteiger partial charge in [0.05, 0.1) is 52.1 Å². The number of benzene rings is 2. The number of rotatable bonds is 15. The normalized spacial score (nSPS) is 23.0. The van der Waals surface area contributed by atoms with Gasteiger partial charge in [-0.15, -0.1) is 0 Å². The summed E-state index contributed by atoms with van der Waals surface area (Å²) in [6, 6.07) is 19.8. The number of carbonyl (C=O) groups is 1. The van der Waals surface area contributed by atoms with Crippen LogP contribution in [-0.4, -0.2) is 109 Å². The molecular weight excluding hydrogens is 717 g/mol. The summed E-state index contributed by atoms with van der Waals surface area (Å²) in [6.45, 7) is 7.20. The minimum Gasteiger partial charge on any atom is -0.443 e. The molecule has 0 aliphatic carbocycles. The second-order valence-corrected chi connectivity index (χ2v) is 17.5. The Morgan fingerprint density at radius 2 is 1.92 bits per heavy atom. The van der Waals surface area contributed by atoms with Crippen LogP contribution in [0.15, 0.2) is 77.8 Å². The van der Waals surface area contributed by atoms with E-state index in [1.165, 1.54) is 15.6 Å². The van der Waals surface area contributed by atoms with E-state index in [0.717, 1.165) is 53.6 Å². The van der Waals surface area contributed by atoms with Crippen molar-refractivity contribution in [3.05, 3.63) is 84.2 Å². The van der Waals surface area contributed by atoms with Gasteiger partial charge in [-0.2, -0.15) is 4.31 Å². The van der Waals surface area contributed by atoms with E-state index in [0.29, 0.717) is 12.1 Å². The third-order valence-electron chi connectivity index (χ3n) is 9.98. The molecule has 0 saturated carbocycles. The molecule has 0 bridgehead atoms. The Morgan fingerprint density at radius 1 is 1.09 bits per heavy atom. The Labute approximate surface area is 314 Å². The number of aliphatic hydroxyl groups excluding tert-OH is 1. The molecule has 15 heteroatoms. The van der Waals surface area contributed by atoms with Crippen LogP contribution >= 0.6 is 11.3 Å². The monoisotopic (exact) mass is 764 g/mol. The maximum Gasteiger partial charge on any atom is 0.407 e. The van der Waals surface area contributed by atoms with E-state index in [9.17, 15) is 18.3 Å². The average molecular weight is 765 g/mol. The lowest BCUT2D eigenvalue weighted by atomic mass is 10.0. The highest BCUT2D eigenvalue weighted by molar-refractivity contribution is 7.89. The summed E-state index contributed by atoms with van der Waals surface area (Å²) in [5.41, 5.74) is 2.63. The first-order chi connectivity index (χ1) is 25.6. The quantitative estimate of drug-likeness (QED) is 0.157. The zero-order valence-electron chi connectivity index (χ0n) is 30.0. The SMILES string of the molecule is CC(C)CN(C[C@@H](O)[C@H](Cc1ccccc1)NC(=O)O[C@H]1CO[C@H]2OCC[C@H]21)S(=O)(=O)c1ccc2nc(N[C@H]3CCN(Cc4ccccn4)C3)sc2c1. The van der Waals surface area contributed by atoms with Gasteiger partial charge < -0.3 is 30.0 Å². The predicted molar refractivity (Wildman–Crippen MR) is 202 cm³/mol. The van der Waals surface area contributed by atoms with Crippen molar-refractivity contribution in [3.63, 3.8) is 0 Å². The van der Waals surface area contributed by atoms with E-state index < -0.39 is 34.4 Å². The molecule has 284 valence electrons. The van der Waals surface area contributed by atoms with Gasteiger partial charge in [-0.05, 0) is 61.1 Å². The minimum atomic E-state index is -4.05. The van der Waals surface area contributed by atoms with Crippen LogP contribution in [0.1, 0.15) is 37.9 Å². The van der Waals surface area contributed by atoms with E-state index >= 15 is 0 Å². The number of carbonyl (C=O) groups excluding carboxylic acids is 1. The summed E-state index contributed by atoms with van der Waals surface area (Å²) in [5.74, 6) is -0.0681. The molecule has 2 aromatic carbocycles. The zero-order valence-corrected chi connectivity index (χ0v) is 31.7. The van der Waals surface area contributed by atoms with Gasteiger partial charge in [0, 0.05) is 45.0 Å². The summed E-state index contributed by atoms with van der Waals surface area (Å²) >= 11 is 1.43. The Morgan fingerprint density at radius 3 is 2.72 bits per heavy atom. The van der Waals surface area contributed by atoms with Crippen molar-refractivity contribution in [2.75, 3.05) is 44.7 Å². The summed E-state index contributed by atoms with van der Waals surface area (Å²) in [6.07, 6.45) is 1.02. The van der Waals surface area contributed by atoms with Crippen molar-refractivity contribution >= 4 is 42.8 Å². The summed E-state index contributed by atoms with van der Waals surface area (Å²) in [4.78, 5) is 24.9. The van der Waals surface area contributed by atoms with Crippen molar-refractivity contribution in [1.82, 2.24) is 24.5 Å². The highest BCUT2D eigenvalue weighted by Gasteiger charge is 2.44. The van der Waals surface area contributed by atoms with Crippen LogP contribution in [0.3, 0.4) is 0 Å². The van der Waals surface area contributed by atoms with Crippen molar-refractivity contribution in [3.8, 4) is 0 Å². The number of aliphatic hydroxyl groups is 1. The third-order valence-corrected chi connectivity index (χ3v) is 12.8. The number of sulfonamides is 1. The molecule has 3 N–H and O–H groups in total. The highest BCUT2D eigenvalue weighted by Crippen LogP contribution is 2.33. The summed E-state index contributed by atoms with van der Waals surface area (Å²) in [7, 11) is -4.05. The second-order valence-electron chi connectivity index (χ2n) is 14.5. The molecule has 3 saturated heterocycles. The van der Waals surface area contributed by atoms with Crippen LogP contribution in [0, 0.1) is 11.8 Å². The molecule has 3 fully saturated rings. The Bertz CT molecular complexity index is 1930. The maximum atomic E-state index is 14.3. The third kappa shape index (κ3) is 9.34. The number of nitrogens with zero attached hydrogens (tertiary/aromatic N) is 4. The molecule has 0 unspecified atom stereocenters. The number of nitrogens with one attached hydrogen (secondary N) is 2. The van der Waals surface area contributed by atoms with Crippen LogP contribution in [0.4, 0.5) is 9.93 Å². The van der Waals surface area contributed by atoms with Crippen molar-refractivity contribution in [1.29, 1.82) is 0 Å². The summed E-state index contributed by atoms with van der Waals surface area (Å²) < 4.78 is 47.6. The first-order valence-electron chi connectivity index (χ1n) is 18.3. The van der Waals surface area contributed by atoms with Gasteiger partial charge in [-0.25, -0.2) is 18.2 Å². The molecule has 13 nitrogen and oxygen atoms in total. The Kier molecular flexibility index (Phi) is 11.9. The van der Waals surface area contributed by atoms with Crippen LogP contribution in [0.5, 0.6) is 0 Å². The molecule has 1 amide bonds. The number of anilines is 1. The van der Waals surface area contributed by atoms with E-state index in [2.05, 4.69) is 20.5 Å². The van der Waals surface area contributed by atoms with E-state index in [1.54, 1.807) is 18.2 Å². The van der Waals surface area contributed by atoms with Gasteiger partial charge in [0.15, 0.2) is 11.4 Å². The number of likely N-dealkylation sites (tertiary alicyclic amines) is 1. The molecule has 0 spiro atoms. The number of alkyl carbamates (subject to hydrolysis) is 1. The topological polar surface area (TPSA) is 155 Å². The van der Waals surface area contributed by atoms with Gasteiger partial charge >= 0.3 is 6.09 Å². The average Bonchev–Trinajstić information content (AvgIpc) is 3.95. The molecule has 6 atom stereocenters. The molecule has 2 aromatic heterocycles. The van der Waals surface area contributed by atoms with Gasteiger partial charge in [0.2, 0.25) is 10.0 Å². The van der Waals surface area contributed by atoms with Crippen molar-refractivity contribution in [2.45, 2.75) is 75.1 Å². The lowest BCUT2D eigenvalue weighted by molar-refractivity contribution is -0.0907. The van der Waals surface area contributed by atoms with Crippen molar-refractivity contribution in [2.24, 2.45) is 11.8 Å². The number of pyridine rings is 1. The molecule has 4 aromatic rings. The van der Waals surface area contributed by atoms with Crippen LogP contribution in [0.25, 0.3) is 10.2 Å². The molecule has 3 aliphatic rings. The number of hydrogen-bond acceptors (Lipinski definition) is 12. The smallest absolute Gasteiger partial charge is 0.407 e. The van der Waals surface area contributed by atoms with Gasteiger partial charge in [-0.1, -0.05) is 61.6 Å². The zero-order chi connectivity index (χ0) is 37.0. The fraction of sp³-hybridized carbons (Fsp3) is 0.500. The number of thiazole rings is 1. The van der Waals surface area contributed by atoms with E-state index in [4.69, 9.17) is 19.2 Å². The van der Waals surface area contributed by atoms with Crippen LogP contribution in [0.2, 0.25) is 0 Å². The highest BCUT2D eigenvalue weighted by atomic mass is 32.2. The first kappa shape index (κ1) is 37.6. The fourth-order valence-corrected chi connectivity index (χ4v) is 10.0.